The SMILES string of the molecule is Cc1ccc(-c2nc(C(C)C)cc(N3CCS(=O)CC3)n2)cc1. The number of aromatic nitrogens is 2. The van der Waals surface area contributed by atoms with E-state index < -0.39 is 10.8 Å². The van der Waals surface area contributed by atoms with Crippen LogP contribution in [0.2, 0.25) is 0 Å². The van der Waals surface area contributed by atoms with Crippen molar-refractivity contribution in [3.05, 3.63) is 41.6 Å². The predicted molar refractivity (Wildman–Crippen MR) is 96.4 cm³/mol. The van der Waals surface area contributed by atoms with E-state index in [-0.39, 0.29) is 0 Å². The van der Waals surface area contributed by atoms with E-state index in [0.29, 0.717) is 5.92 Å². The van der Waals surface area contributed by atoms with Crippen molar-refractivity contribution in [2.24, 2.45) is 0 Å². The molecule has 1 saturated heterocycles. The summed E-state index contributed by atoms with van der Waals surface area (Å²) >= 11 is 0. The van der Waals surface area contributed by atoms with Crippen LogP contribution in [0.3, 0.4) is 0 Å². The Kier molecular flexibility index (Phi) is 4.76. The zero-order valence-corrected chi connectivity index (χ0v) is 14.8. The number of benzene rings is 1. The van der Waals surface area contributed by atoms with Gasteiger partial charge in [-0.3, -0.25) is 4.21 Å². The highest BCUT2D eigenvalue weighted by Crippen LogP contribution is 2.24. The minimum atomic E-state index is -0.678. The molecule has 1 aromatic carbocycles. The van der Waals surface area contributed by atoms with Gasteiger partial charge in [-0.05, 0) is 12.8 Å². The van der Waals surface area contributed by atoms with Gasteiger partial charge in [-0.25, -0.2) is 9.97 Å². The molecule has 4 nitrogen and oxygen atoms in total. The molecule has 0 radical (unpaired) electrons. The van der Waals surface area contributed by atoms with Crippen LogP contribution in [-0.2, 0) is 10.8 Å². The number of nitrogens with zero attached hydrogens (tertiary/aromatic N) is 3. The molecule has 0 saturated carbocycles. The maximum Gasteiger partial charge on any atom is 0.161 e. The smallest absolute Gasteiger partial charge is 0.161 e. The molecule has 1 aromatic heterocycles. The minimum absolute atomic E-state index is 0.347. The molecular weight excluding hydrogens is 306 g/mol. The van der Waals surface area contributed by atoms with E-state index in [1.807, 2.05) is 0 Å². The Bertz CT molecular complexity index is 703. The number of anilines is 1. The number of hydrogen-bond acceptors (Lipinski definition) is 4. The molecule has 2 aromatic rings. The van der Waals surface area contributed by atoms with Crippen LogP contribution in [0.5, 0.6) is 0 Å². The van der Waals surface area contributed by atoms with Crippen LogP contribution in [-0.4, -0.2) is 38.8 Å². The molecule has 3 rings (SSSR count). The standard InChI is InChI=1S/C18H23N3OS/c1-13(2)16-12-17(21-8-10-23(22)11-9-21)20-18(19-16)15-6-4-14(3)5-7-15/h4-7,12-13H,8-11H2,1-3H3. The first-order chi connectivity index (χ1) is 11.0. The summed E-state index contributed by atoms with van der Waals surface area (Å²) in [5.41, 5.74) is 3.32. The fraction of sp³-hybridized carbons (Fsp3) is 0.444. The van der Waals surface area contributed by atoms with Gasteiger partial charge in [0.2, 0.25) is 0 Å². The molecular formula is C18H23N3OS. The van der Waals surface area contributed by atoms with Crippen molar-refractivity contribution < 1.29 is 4.21 Å². The second-order valence-electron chi connectivity index (χ2n) is 6.33. The molecule has 0 N–H and O–H groups in total. The van der Waals surface area contributed by atoms with Crippen molar-refractivity contribution >= 4 is 16.6 Å². The fourth-order valence-corrected chi connectivity index (χ4v) is 3.66. The lowest BCUT2D eigenvalue weighted by Gasteiger charge is -2.28. The van der Waals surface area contributed by atoms with Crippen LogP contribution in [0, 0.1) is 6.92 Å². The molecule has 0 amide bonds. The largest absolute Gasteiger partial charge is 0.355 e. The minimum Gasteiger partial charge on any atom is -0.355 e. The van der Waals surface area contributed by atoms with Gasteiger partial charge in [0.1, 0.15) is 5.82 Å². The van der Waals surface area contributed by atoms with Crippen LogP contribution >= 0.6 is 0 Å². The third-order valence-corrected chi connectivity index (χ3v) is 5.41. The first-order valence-corrected chi connectivity index (χ1v) is 9.57. The lowest BCUT2D eigenvalue weighted by molar-refractivity contribution is 0.672. The molecule has 0 bridgehead atoms. The Hall–Kier alpha value is -1.75. The van der Waals surface area contributed by atoms with E-state index in [1.165, 1.54) is 5.56 Å². The summed E-state index contributed by atoms with van der Waals surface area (Å²) in [6.07, 6.45) is 0. The van der Waals surface area contributed by atoms with Crippen LogP contribution in [0.15, 0.2) is 30.3 Å². The third kappa shape index (κ3) is 3.78. The van der Waals surface area contributed by atoms with Gasteiger partial charge in [0.25, 0.3) is 0 Å². The molecule has 0 unspecified atom stereocenters. The highest BCUT2D eigenvalue weighted by Gasteiger charge is 2.19. The van der Waals surface area contributed by atoms with E-state index in [2.05, 4.69) is 56.0 Å². The lowest BCUT2D eigenvalue weighted by atomic mass is 10.1. The monoisotopic (exact) mass is 329 g/mol. The summed E-state index contributed by atoms with van der Waals surface area (Å²) in [5, 5.41) is 0. The quantitative estimate of drug-likeness (QED) is 0.868. The Labute approximate surface area is 140 Å². The topological polar surface area (TPSA) is 46.1 Å². The van der Waals surface area contributed by atoms with Gasteiger partial charge in [0.05, 0.1) is 0 Å². The third-order valence-electron chi connectivity index (χ3n) is 4.14. The summed E-state index contributed by atoms with van der Waals surface area (Å²) in [5.74, 6) is 3.52. The zero-order chi connectivity index (χ0) is 16.4. The molecule has 0 spiro atoms. The molecule has 0 atom stereocenters. The van der Waals surface area contributed by atoms with E-state index in [9.17, 15) is 4.21 Å². The van der Waals surface area contributed by atoms with Crippen LogP contribution in [0.4, 0.5) is 5.82 Å². The maximum atomic E-state index is 11.6. The molecule has 1 fully saturated rings. The lowest BCUT2D eigenvalue weighted by Crippen LogP contribution is -2.38. The van der Waals surface area contributed by atoms with Crippen molar-refractivity contribution in [3.8, 4) is 11.4 Å². The summed E-state index contributed by atoms with van der Waals surface area (Å²) in [4.78, 5) is 11.8. The molecule has 0 aliphatic carbocycles. The van der Waals surface area contributed by atoms with E-state index in [0.717, 1.165) is 47.5 Å². The second-order valence-corrected chi connectivity index (χ2v) is 8.03. The Balaban J connectivity index is 1.99. The first kappa shape index (κ1) is 16.1. The summed E-state index contributed by atoms with van der Waals surface area (Å²) in [6.45, 7) is 7.98. The van der Waals surface area contributed by atoms with Crippen molar-refractivity contribution in [2.45, 2.75) is 26.7 Å². The van der Waals surface area contributed by atoms with Crippen LogP contribution < -0.4 is 4.90 Å². The molecule has 23 heavy (non-hydrogen) atoms. The second kappa shape index (κ2) is 6.79. The Morgan fingerprint density at radius 3 is 2.35 bits per heavy atom. The van der Waals surface area contributed by atoms with Gasteiger partial charge in [-0.15, -0.1) is 0 Å². The van der Waals surface area contributed by atoms with Gasteiger partial charge in [0, 0.05) is 52.7 Å². The summed E-state index contributed by atoms with van der Waals surface area (Å²) < 4.78 is 11.6. The van der Waals surface area contributed by atoms with E-state index in [4.69, 9.17) is 9.97 Å². The van der Waals surface area contributed by atoms with Gasteiger partial charge < -0.3 is 4.90 Å². The predicted octanol–water partition coefficient (Wildman–Crippen LogP) is 3.14. The average Bonchev–Trinajstić information content (AvgIpc) is 2.55. The fourth-order valence-electron chi connectivity index (χ4n) is 2.61. The highest BCUT2D eigenvalue weighted by atomic mass is 32.2. The van der Waals surface area contributed by atoms with Crippen molar-refractivity contribution in [2.75, 3.05) is 29.5 Å². The zero-order valence-electron chi connectivity index (χ0n) is 14.0. The number of aryl methyl sites for hydroxylation is 1. The Morgan fingerprint density at radius 1 is 1.09 bits per heavy atom. The van der Waals surface area contributed by atoms with Gasteiger partial charge in [-0.2, -0.15) is 0 Å². The molecule has 1 aliphatic heterocycles. The first-order valence-electron chi connectivity index (χ1n) is 8.09. The molecule has 2 heterocycles. The van der Waals surface area contributed by atoms with Crippen molar-refractivity contribution in [3.63, 3.8) is 0 Å². The van der Waals surface area contributed by atoms with E-state index in [1.54, 1.807) is 0 Å². The molecule has 5 heteroatoms. The molecule has 122 valence electrons. The van der Waals surface area contributed by atoms with Gasteiger partial charge >= 0.3 is 0 Å². The highest BCUT2D eigenvalue weighted by molar-refractivity contribution is 7.85. The van der Waals surface area contributed by atoms with Crippen LogP contribution in [0.1, 0.15) is 31.0 Å². The summed E-state index contributed by atoms with van der Waals surface area (Å²) in [7, 11) is -0.678. The number of hydrogen-bond donors (Lipinski definition) is 0. The number of rotatable bonds is 3. The molecule has 1 aliphatic rings. The van der Waals surface area contributed by atoms with Crippen molar-refractivity contribution in [1.82, 2.24) is 9.97 Å². The average molecular weight is 329 g/mol. The Morgan fingerprint density at radius 2 is 1.74 bits per heavy atom. The summed E-state index contributed by atoms with van der Waals surface area (Å²) in [6, 6.07) is 10.4. The normalized spacial score (nSPS) is 16.1. The van der Waals surface area contributed by atoms with Gasteiger partial charge in [0.15, 0.2) is 5.82 Å². The maximum absolute atomic E-state index is 11.6. The van der Waals surface area contributed by atoms with Gasteiger partial charge in [-0.1, -0.05) is 43.7 Å². The van der Waals surface area contributed by atoms with Crippen LogP contribution in [0.25, 0.3) is 11.4 Å². The van der Waals surface area contributed by atoms with Crippen molar-refractivity contribution in [1.29, 1.82) is 0 Å². The van der Waals surface area contributed by atoms with E-state index >= 15 is 0 Å².